The van der Waals surface area contributed by atoms with Gasteiger partial charge in [0.1, 0.15) is 11.4 Å². The number of carbonyl (C=O) groups excluding carboxylic acids is 1. The molecule has 7 heteroatoms. The van der Waals surface area contributed by atoms with Gasteiger partial charge in [0.25, 0.3) is 5.91 Å². The first-order chi connectivity index (χ1) is 10.7. The SMILES string of the molecule is O=C(N/N=C\c1ccccc1O)c1cc(-c2ccco2)[nH]n1. The number of carbonyl (C=O) groups is 1. The molecule has 22 heavy (non-hydrogen) atoms. The summed E-state index contributed by atoms with van der Waals surface area (Å²) in [6.45, 7) is 0. The highest BCUT2D eigenvalue weighted by Gasteiger charge is 2.11. The minimum atomic E-state index is -0.472. The van der Waals surface area contributed by atoms with Gasteiger partial charge in [0, 0.05) is 11.6 Å². The van der Waals surface area contributed by atoms with Crippen molar-refractivity contribution in [3.8, 4) is 17.2 Å². The van der Waals surface area contributed by atoms with E-state index in [4.69, 9.17) is 4.42 Å². The number of phenolic OH excluding ortho intramolecular Hbond substituents is 1. The number of aromatic amines is 1. The van der Waals surface area contributed by atoms with E-state index >= 15 is 0 Å². The zero-order chi connectivity index (χ0) is 15.4. The van der Waals surface area contributed by atoms with Gasteiger partial charge in [-0.1, -0.05) is 12.1 Å². The fourth-order valence-corrected chi connectivity index (χ4v) is 1.81. The summed E-state index contributed by atoms with van der Waals surface area (Å²) in [5, 5.41) is 20.0. The molecule has 110 valence electrons. The van der Waals surface area contributed by atoms with E-state index in [1.54, 1.807) is 36.4 Å². The Bertz CT molecular complexity index is 806. The number of aromatic nitrogens is 2. The minimum Gasteiger partial charge on any atom is -0.507 e. The molecule has 0 radical (unpaired) electrons. The van der Waals surface area contributed by atoms with E-state index < -0.39 is 5.91 Å². The Morgan fingerprint density at radius 2 is 2.18 bits per heavy atom. The molecule has 2 heterocycles. The molecule has 0 aliphatic carbocycles. The van der Waals surface area contributed by atoms with Crippen LogP contribution in [0, 0.1) is 0 Å². The molecule has 0 aliphatic heterocycles. The molecule has 7 nitrogen and oxygen atoms in total. The molecule has 0 atom stereocenters. The summed E-state index contributed by atoms with van der Waals surface area (Å²) in [6, 6.07) is 11.7. The molecule has 0 spiro atoms. The molecule has 1 aromatic carbocycles. The second kappa shape index (κ2) is 5.96. The molecule has 0 aliphatic rings. The number of hydrogen-bond donors (Lipinski definition) is 3. The summed E-state index contributed by atoms with van der Waals surface area (Å²) in [6.07, 6.45) is 2.89. The largest absolute Gasteiger partial charge is 0.507 e. The molecule has 3 aromatic rings. The van der Waals surface area contributed by atoms with Crippen molar-refractivity contribution < 1.29 is 14.3 Å². The monoisotopic (exact) mass is 296 g/mol. The number of phenols is 1. The number of H-pyrrole nitrogens is 1. The second-order valence-corrected chi connectivity index (χ2v) is 4.40. The summed E-state index contributed by atoms with van der Waals surface area (Å²) in [7, 11) is 0. The fraction of sp³-hybridized carbons (Fsp3) is 0. The van der Waals surface area contributed by atoms with E-state index in [2.05, 4.69) is 20.7 Å². The zero-order valence-corrected chi connectivity index (χ0v) is 11.4. The third kappa shape index (κ3) is 2.88. The van der Waals surface area contributed by atoms with Crippen LogP contribution in [-0.2, 0) is 0 Å². The summed E-state index contributed by atoms with van der Waals surface area (Å²) >= 11 is 0. The summed E-state index contributed by atoms with van der Waals surface area (Å²) in [4.78, 5) is 11.9. The van der Waals surface area contributed by atoms with Crippen molar-refractivity contribution >= 4 is 12.1 Å². The highest BCUT2D eigenvalue weighted by atomic mass is 16.3. The Kier molecular flexibility index (Phi) is 3.69. The van der Waals surface area contributed by atoms with E-state index in [0.717, 1.165) is 0 Å². The van der Waals surface area contributed by atoms with Gasteiger partial charge in [0.05, 0.1) is 12.5 Å². The number of amides is 1. The molecular weight excluding hydrogens is 284 g/mol. The first kappa shape index (κ1) is 13.6. The number of nitrogens with zero attached hydrogens (tertiary/aromatic N) is 2. The molecule has 0 bridgehead atoms. The first-order valence-corrected chi connectivity index (χ1v) is 6.45. The van der Waals surface area contributed by atoms with Gasteiger partial charge in [0.15, 0.2) is 11.5 Å². The van der Waals surface area contributed by atoms with Crippen LogP contribution in [0.4, 0.5) is 0 Å². The number of aromatic hydroxyl groups is 1. The number of furan rings is 1. The van der Waals surface area contributed by atoms with Gasteiger partial charge in [-0.2, -0.15) is 10.2 Å². The molecule has 1 amide bonds. The minimum absolute atomic E-state index is 0.0837. The molecule has 0 saturated heterocycles. The lowest BCUT2D eigenvalue weighted by Gasteiger charge is -1.97. The maximum atomic E-state index is 11.9. The smallest absolute Gasteiger partial charge is 0.291 e. The maximum Gasteiger partial charge on any atom is 0.291 e. The van der Waals surface area contributed by atoms with Crippen molar-refractivity contribution in [2.75, 3.05) is 0 Å². The van der Waals surface area contributed by atoms with Crippen molar-refractivity contribution in [1.82, 2.24) is 15.6 Å². The standard InChI is InChI=1S/C15H12N4O3/c20-13-5-2-1-4-10(13)9-16-19-15(21)12-8-11(17-18-12)14-6-3-7-22-14/h1-9,20H,(H,17,18)(H,19,21)/b16-9-. The van der Waals surface area contributed by atoms with Crippen molar-refractivity contribution in [2.45, 2.75) is 0 Å². The van der Waals surface area contributed by atoms with E-state index in [9.17, 15) is 9.90 Å². The van der Waals surface area contributed by atoms with Gasteiger partial charge >= 0.3 is 0 Å². The molecule has 0 fully saturated rings. The van der Waals surface area contributed by atoms with Crippen LogP contribution < -0.4 is 5.43 Å². The number of benzene rings is 1. The Morgan fingerprint density at radius 1 is 1.32 bits per heavy atom. The van der Waals surface area contributed by atoms with E-state index in [-0.39, 0.29) is 11.4 Å². The summed E-state index contributed by atoms with van der Waals surface area (Å²) < 4.78 is 5.20. The lowest BCUT2D eigenvalue weighted by Crippen LogP contribution is -2.18. The van der Waals surface area contributed by atoms with Gasteiger partial charge in [-0.25, -0.2) is 5.43 Å². The van der Waals surface area contributed by atoms with Crippen LogP contribution in [0.2, 0.25) is 0 Å². The number of rotatable bonds is 4. The maximum absolute atomic E-state index is 11.9. The van der Waals surface area contributed by atoms with Crippen LogP contribution in [0.5, 0.6) is 5.75 Å². The zero-order valence-electron chi connectivity index (χ0n) is 11.4. The van der Waals surface area contributed by atoms with Crippen LogP contribution in [0.15, 0.2) is 58.2 Å². The topological polar surface area (TPSA) is 104 Å². The fourth-order valence-electron chi connectivity index (χ4n) is 1.81. The quantitative estimate of drug-likeness (QED) is 0.507. The molecule has 3 N–H and O–H groups in total. The van der Waals surface area contributed by atoms with Gasteiger partial charge < -0.3 is 9.52 Å². The molecule has 3 rings (SSSR count). The van der Waals surface area contributed by atoms with Crippen LogP contribution in [0.25, 0.3) is 11.5 Å². The van der Waals surface area contributed by atoms with Crippen LogP contribution >= 0.6 is 0 Å². The average Bonchev–Trinajstić information content (AvgIpc) is 3.20. The van der Waals surface area contributed by atoms with Gasteiger partial charge in [-0.15, -0.1) is 0 Å². The highest BCUT2D eigenvalue weighted by molar-refractivity contribution is 5.94. The second-order valence-electron chi connectivity index (χ2n) is 4.40. The number of hydrazone groups is 1. The number of hydrogen-bond acceptors (Lipinski definition) is 5. The Hall–Kier alpha value is -3.35. The number of para-hydroxylation sites is 1. The molecule has 2 aromatic heterocycles. The number of nitrogens with one attached hydrogen (secondary N) is 2. The highest BCUT2D eigenvalue weighted by Crippen LogP contribution is 2.17. The van der Waals surface area contributed by atoms with Crippen molar-refractivity contribution in [3.63, 3.8) is 0 Å². The first-order valence-electron chi connectivity index (χ1n) is 6.45. The third-order valence-electron chi connectivity index (χ3n) is 2.90. The van der Waals surface area contributed by atoms with E-state index in [1.165, 1.54) is 18.5 Å². The Balaban J connectivity index is 1.67. The van der Waals surface area contributed by atoms with E-state index in [0.29, 0.717) is 17.0 Å². The van der Waals surface area contributed by atoms with Crippen molar-refractivity contribution in [2.24, 2.45) is 5.10 Å². The Morgan fingerprint density at radius 3 is 2.95 bits per heavy atom. The molecule has 0 saturated carbocycles. The normalized spacial score (nSPS) is 10.9. The van der Waals surface area contributed by atoms with Gasteiger partial charge in [-0.05, 0) is 24.3 Å². The van der Waals surface area contributed by atoms with Crippen LogP contribution in [0.3, 0.4) is 0 Å². The van der Waals surface area contributed by atoms with Crippen LogP contribution in [0.1, 0.15) is 16.1 Å². The average molecular weight is 296 g/mol. The molecular formula is C15H12N4O3. The Labute approximate surface area is 125 Å². The third-order valence-corrected chi connectivity index (χ3v) is 2.90. The summed E-state index contributed by atoms with van der Waals surface area (Å²) in [5.41, 5.74) is 3.62. The van der Waals surface area contributed by atoms with Crippen LogP contribution in [-0.4, -0.2) is 27.4 Å². The predicted molar refractivity (Wildman–Crippen MR) is 79.5 cm³/mol. The summed E-state index contributed by atoms with van der Waals surface area (Å²) in [5.74, 6) is 0.199. The van der Waals surface area contributed by atoms with Crippen molar-refractivity contribution in [3.05, 3.63) is 60.0 Å². The lowest BCUT2D eigenvalue weighted by molar-refractivity contribution is 0.0950. The van der Waals surface area contributed by atoms with Gasteiger partial charge in [-0.3, -0.25) is 9.89 Å². The molecule has 0 unspecified atom stereocenters. The van der Waals surface area contributed by atoms with Crippen molar-refractivity contribution in [1.29, 1.82) is 0 Å². The predicted octanol–water partition coefficient (Wildman–Crippen LogP) is 2.14. The lowest BCUT2D eigenvalue weighted by atomic mass is 10.2. The van der Waals surface area contributed by atoms with E-state index in [1.807, 2.05) is 0 Å². The van der Waals surface area contributed by atoms with Gasteiger partial charge in [0.2, 0.25) is 0 Å².